The zero-order valence-electron chi connectivity index (χ0n) is 11.1. The van der Waals surface area contributed by atoms with Crippen LogP contribution in [0.15, 0.2) is 24.3 Å². The maximum atomic E-state index is 13.3. The SMILES string of the molecule is COCC(N)C(=O)N(C)CCOc1ccccc1F. The Balaban J connectivity index is 2.37. The normalized spacial score (nSPS) is 12.0. The Morgan fingerprint density at radius 3 is 2.79 bits per heavy atom. The Kier molecular flexibility index (Phi) is 6.24. The number of para-hydroxylation sites is 1. The lowest BCUT2D eigenvalue weighted by atomic mass is 10.3. The van der Waals surface area contributed by atoms with Crippen LogP contribution >= 0.6 is 0 Å². The van der Waals surface area contributed by atoms with E-state index in [1.807, 2.05) is 0 Å². The van der Waals surface area contributed by atoms with Gasteiger partial charge in [-0.2, -0.15) is 0 Å². The van der Waals surface area contributed by atoms with Crippen LogP contribution in [0.1, 0.15) is 0 Å². The topological polar surface area (TPSA) is 64.8 Å². The van der Waals surface area contributed by atoms with E-state index >= 15 is 0 Å². The number of methoxy groups -OCH3 is 1. The fourth-order valence-corrected chi connectivity index (χ4v) is 1.50. The number of carbonyl (C=O) groups is 1. The number of carbonyl (C=O) groups excluding carboxylic acids is 1. The molecule has 1 atom stereocenters. The molecule has 1 aromatic carbocycles. The predicted octanol–water partition coefficient (Wildman–Crippen LogP) is 0.637. The van der Waals surface area contributed by atoms with E-state index < -0.39 is 11.9 Å². The third-order valence-corrected chi connectivity index (χ3v) is 2.56. The maximum absolute atomic E-state index is 13.3. The molecule has 1 unspecified atom stereocenters. The molecule has 0 bridgehead atoms. The summed E-state index contributed by atoms with van der Waals surface area (Å²) in [6.45, 7) is 0.685. The molecule has 0 fully saturated rings. The van der Waals surface area contributed by atoms with Crippen molar-refractivity contribution in [2.75, 3.05) is 33.9 Å². The number of rotatable bonds is 7. The standard InChI is InChI=1S/C13H19FN2O3/c1-16(13(17)11(15)9-18-2)7-8-19-12-6-4-3-5-10(12)14/h3-6,11H,7-9,15H2,1-2H3. The summed E-state index contributed by atoms with van der Waals surface area (Å²) in [7, 11) is 3.09. The summed E-state index contributed by atoms with van der Waals surface area (Å²) in [5.74, 6) is -0.490. The van der Waals surface area contributed by atoms with E-state index in [0.717, 1.165) is 0 Å². The minimum Gasteiger partial charge on any atom is -0.489 e. The van der Waals surface area contributed by atoms with Crippen molar-refractivity contribution in [3.05, 3.63) is 30.1 Å². The van der Waals surface area contributed by atoms with Crippen molar-refractivity contribution >= 4 is 5.91 Å². The van der Waals surface area contributed by atoms with Gasteiger partial charge in [-0.15, -0.1) is 0 Å². The van der Waals surface area contributed by atoms with Gasteiger partial charge >= 0.3 is 0 Å². The molecule has 1 rings (SSSR count). The van der Waals surface area contributed by atoms with Crippen LogP contribution in [0.25, 0.3) is 0 Å². The van der Waals surface area contributed by atoms with E-state index in [-0.39, 0.29) is 24.9 Å². The summed E-state index contributed by atoms with van der Waals surface area (Å²) in [5.41, 5.74) is 5.62. The smallest absolute Gasteiger partial charge is 0.241 e. The highest BCUT2D eigenvalue weighted by Crippen LogP contribution is 2.14. The highest BCUT2D eigenvalue weighted by atomic mass is 19.1. The molecule has 0 aliphatic carbocycles. The molecule has 2 N–H and O–H groups in total. The van der Waals surface area contributed by atoms with Crippen molar-refractivity contribution < 1.29 is 18.7 Å². The number of nitrogens with zero attached hydrogens (tertiary/aromatic N) is 1. The quantitative estimate of drug-likeness (QED) is 0.789. The van der Waals surface area contributed by atoms with E-state index in [1.165, 1.54) is 24.1 Å². The molecular weight excluding hydrogens is 251 g/mol. The molecule has 106 valence electrons. The molecule has 1 amide bonds. The number of ether oxygens (including phenoxy) is 2. The Morgan fingerprint density at radius 1 is 1.47 bits per heavy atom. The largest absolute Gasteiger partial charge is 0.489 e. The first kappa shape index (κ1) is 15.4. The van der Waals surface area contributed by atoms with E-state index in [2.05, 4.69) is 0 Å². The van der Waals surface area contributed by atoms with Crippen molar-refractivity contribution in [2.45, 2.75) is 6.04 Å². The fourth-order valence-electron chi connectivity index (χ4n) is 1.50. The molecule has 0 saturated heterocycles. The molecule has 0 aliphatic rings. The van der Waals surface area contributed by atoms with Gasteiger partial charge in [0, 0.05) is 14.2 Å². The third kappa shape index (κ3) is 4.84. The van der Waals surface area contributed by atoms with Crippen LogP contribution in [0, 0.1) is 5.82 Å². The molecule has 0 radical (unpaired) electrons. The third-order valence-electron chi connectivity index (χ3n) is 2.56. The molecule has 5 nitrogen and oxygen atoms in total. The summed E-state index contributed by atoms with van der Waals surface area (Å²) >= 11 is 0. The number of halogens is 1. The van der Waals surface area contributed by atoms with Gasteiger partial charge < -0.3 is 20.1 Å². The molecule has 0 spiro atoms. The Bertz CT molecular complexity index is 415. The van der Waals surface area contributed by atoms with Gasteiger partial charge in [0.1, 0.15) is 12.6 Å². The lowest BCUT2D eigenvalue weighted by Gasteiger charge is -2.21. The lowest BCUT2D eigenvalue weighted by Crippen LogP contribution is -2.45. The average molecular weight is 270 g/mol. The van der Waals surface area contributed by atoms with Crippen LogP contribution in [0.4, 0.5) is 4.39 Å². The summed E-state index contributed by atoms with van der Waals surface area (Å²) in [6.07, 6.45) is 0. The number of benzene rings is 1. The lowest BCUT2D eigenvalue weighted by molar-refractivity contribution is -0.132. The fraction of sp³-hybridized carbons (Fsp3) is 0.462. The predicted molar refractivity (Wildman–Crippen MR) is 69.4 cm³/mol. The maximum Gasteiger partial charge on any atom is 0.241 e. The molecule has 0 heterocycles. The van der Waals surface area contributed by atoms with Crippen LogP contribution < -0.4 is 10.5 Å². The highest BCUT2D eigenvalue weighted by Gasteiger charge is 2.17. The molecular formula is C13H19FN2O3. The highest BCUT2D eigenvalue weighted by molar-refractivity contribution is 5.81. The van der Waals surface area contributed by atoms with E-state index in [4.69, 9.17) is 15.2 Å². The molecule has 0 aromatic heterocycles. The summed E-state index contributed by atoms with van der Waals surface area (Å²) in [5, 5.41) is 0. The van der Waals surface area contributed by atoms with Gasteiger partial charge in [0.15, 0.2) is 11.6 Å². The average Bonchev–Trinajstić information content (AvgIpc) is 2.40. The van der Waals surface area contributed by atoms with Gasteiger partial charge in [-0.25, -0.2) is 4.39 Å². The minimum atomic E-state index is -0.691. The second kappa shape index (κ2) is 7.70. The van der Waals surface area contributed by atoms with Crippen LogP contribution in [-0.2, 0) is 9.53 Å². The Morgan fingerprint density at radius 2 is 2.16 bits per heavy atom. The van der Waals surface area contributed by atoms with Gasteiger partial charge in [-0.05, 0) is 12.1 Å². The zero-order chi connectivity index (χ0) is 14.3. The summed E-state index contributed by atoms with van der Waals surface area (Å²) in [6, 6.07) is 5.43. The summed E-state index contributed by atoms with van der Waals surface area (Å²) in [4.78, 5) is 13.2. The number of likely N-dealkylation sites (N-methyl/N-ethyl adjacent to an activating group) is 1. The van der Waals surface area contributed by atoms with Crippen LogP contribution in [-0.4, -0.2) is 50.8 Å². The first-order valence-corrected chi connectivity index (χ1v) is 5.93. The number of hydrogen-bond acceptors (Lipinski definition) is 4. The van der Waals surface area contributed by atoms with Gasteiger partial charge in [0.05, 0.1) is 13.2 Å². The zero-order valence-corrected chi connectivity index (χ0v) is 11.1. The van der Waals surface area contributed by atoms with Crippen LogP contribution in [0.5, 0.6) is 5.75 Å². The van der Waals surface area contributed by atoms with Crippen molar-refractivity contribution in [3.8, 4) is 5.75 Å². The summed E-state index contributed by atoms with van der Waals surface area (Å²) < 4.78 is 23.3. The second-order valence-corrected chi connectivity index (χ2v) is 4.10. The van der Waals surface area contributed by atoms with Crippen molar-refractivity contribution in [1.29, 1.82) is 0 Å². The van der Waals surface area contributed by atoms with Gasteiger partial charge in [-0.1, -0.05) is 12.1 Å². The van der Waals surface area contributed by atoms with Crippen molar-refractivity contribution in [2.24, 2.45) is 5.73 Å². The van der Waals surface area contributed by atoms with Gasteiger partial charge in [0.2, 0.25) is 5.91 Å². The minimum absolute atomic E-state index is 0.164. The van der Waals surface area contributed by atoms with Crippen LogP contribution in [0.3, 0.4) is 0 Å². The first-order valence-electron chi connectivity index (χ1n) is 5.93. The molecule has 1 aromatic rings. The van der Waals surface area contributed by atoms with Gasteiger partial charge in [0.25, 0.3) is 0 Å². The Hall–Kier alpha value is -1.66. The van der Waals surface area contributed by atoms with E-state index in [1.54, 1.807) is 19.2 Å². The van der Waals surface area contributed by atoms with E-state index in [9.17, 15) is 9.18 Å². The Labute approximate surface area is 112 Å². The molecule has 0 saturated carbocycles. The monoisotopic (exact) mass is 270 g/mol. The number of amides is 1. The number of hydrogen-bond donors (Lipinski definition) is 1. The van der Waals surface area contributed by atoms with Gasteiger partial charge in [-0.3, -0.25) is 4.79 Å². The second-order valence-electron chi connectivity index (χ2n) is 4.10. The van der Waals surface area contributed by atoms with Crippen molar-refractivity contribution in [1.82, 2.24) is 4.90 Å². The molecule has 0 aliphatic heterocycles. The molecule has 6 heteroatoms. The van der Waals surface area contributed by atoms with Crippen molar-refractivity contribution in [3.63, 3.8) is 0 Å². The first-order chi connectivity index (χ1) is 9.06. The number of nitrogens with two attached hydrogens (primary N) is 1. The molecule has 19 heavy (non-hydrogen) atoms. The van der Waals surface area contributed by atoms with E-state index in [0.29, 0.717) is 6.54 Å². The van der Waals surface area contributed by atoms with Crippen LogP contribution in [0.2, 0.25) is 0 Å².